The Morgan fingerprint density at radius 1 is 1.18 bits per heavy atom. The average molecular weight is 468 g/mol. The third kappa shape index (κ3) is 4.59. The van der Waals surface area contributed by atoms with E-state index in [2.05, 4.69) is 5.16 Å². The van der Waals surface area contributed by atoms with E-state index in [0.717, 1.165) is 16.3 Å². The van der Waals surface area contributed by atoms with Gasteiger partial charge in [0.2, 0.25) is 11.7 Å². The van der Waals surface area contributed by atoms with Crippen LogP contribution in [0.15, 0.2) is 45.8 Å². The molecule has 2 aromatic heterocycles. The molecule has 0 radical (unpaired) electrons. The summed E-state index contributed by atoms with van der Waals surface area (Å²) in [6.07, 6.45) is 2.05. The van der Waals surface area contributed by atoms with Gasteiger partial charge in [-0.1, -0.05) is 5.16 Å². The molecule has 9 heteroatoms. The van der Waals surface area contributed by atoms with Crippen molar-refractivity contribution in [1.82, 2.24) is 9.72 Å². The van der Waals surface area contributed by atoms with Crippen LogP contribution in [0.2, 0.25) is 0 Å². The number of nitrogens with zero attached hydrogens (tertiary/aromatic N) is 3. The van der Waals surface area contributed by atoms with E-state index in [1.54, 1.807) is 35.7 Å². The number of ether oxygens (including phenoxy) is 1. The van der Waals surface area contributed by atoms with Crippen molar-refractivity contribution >= 4 is 35.1 Å². The van der Waals surface area contributed by atoms with E-state index in [4.69, 9.17) is 9.26 Å². The van der Waals surface area contributed by atoms with E-state index in [0.29, 0.717) is 22.8 Å². The second kappa shape index (κ2) is 9.27. The number of aromatic nitrogens is 2. The molecule has 1 aromatic carbocycles. The topological polar surface area (TPSA) is 94.6 Å². The maximum Gasteiger partial charge on any atom is 0.311 e. The largest absolute Gasteiger partial charge is 0.457 e. The van der Waals surface area contributed by atoms with E-state index in [9.17, 15) is 14.4 Å². The van der Waals surface area contributed by atoms with Crippen LogP contribution in [0, 0.1) is 26.7 Å². The normalized spacial score (nSPS) is 15.8. The highest BCUT2D eigenvalue weighted by atomic mass is 32.2. The van der Waals surface area contributed by atoms with Gasteiger partial charge in [-0.15, -0.1) is 11.8 Å². The van der Waals surface area contributed by atoms with Crippen LogP contribution >= 0.6 is 11.8 Å². The van der Waals surface area contributed by atoms with Crippen molar-refractivity contribution in [3.05, 3.63) is 59.1 Å². The maximum absolute atomic E-state index is 12.8. The minimum Gasteiger partial charge on any atom is -0.457 e. The number of aryl methyl sites for hydroxylation is 2. The number of carbonyl (C=O) groups is 3. The zero-order valence-electron chi connectivity index (χ0n) is 19.0. The molecule has 1 unspecified atom stereocenters. The van der Waals surface area contributed by atoms with Gasteiger partial charge >= 0.3 is 5.97 Å². The number of esters is 1. The van der Waals surface area contributed by atoms with Crippen molar-refractivity contribution in [2.75, 3.05) is 24.3 Å². The summed E-state index contributed by atoms with van der Waals surface area (Å²) < 4.78 is 12.3. The van der Waals surface area contributed by atoms with Crippen LogP contribution in [-0.2, 0) is 14.3 Å². The molecule has 1 aliphatic heterocycles. The fourth-order valence-electron chi connectivity index (χ4n) is 4.07. The molecule has 8 nitrogen and oxygen atoms in total. The molecule has 0 N–H and O–H groups in total. The molecule has 4 rings (SSSR count). The Morgan fingerprint density at radius 2 is 1.91 bits per heavy atom. The van der Waals surface area contributed by atoms with Crippen LogP contribution in [-0.4, -0.2) is 46.8 Å². The molecule has 0 bridgehead atoms. The highest BCUT2D eigenvalue weighted by Gasteiger charge is 2.36. The molecule has 33 heavy (non-hydrogen) atoms. The molecule has 1 aliphatic rings. The predicted molar refractivity (Wildman–Crippen MR) is 124 cm³/mol. The van der Waals surface area contributed by atoms with Crippen molar-refractivity contribution in [2.45, 2.75) is 32.1 Å². The third-order valence-electron chi connectivity index (χ3n) is 5.76. The SMILES string of the molecule is CSc1ccc(N2CC(C(=O)OCC(=O)c3cc(C)n(-c4cc(C)on4)c3C)CC2=O)cc1. The molecule has 3 aromatic rings. The lowest BCUT2D eigenvalue weighted by molar-refractivity contribution is -0.147. The average Bonchev–Trinajstić information content (AvgIpc) is 3.48. The van der Waals surface area contributed by atoms with Crippen molar-refractivity contribution in [1.29, 1.82) is 0 Å². The molecular weight excluding hydrogens is 442 g/mol. The number of carbonyl (C=O) groups excluding carboxylic acids is 3. The number of hydrogen-bond acceptors (Lipinski definition) is 7. The summed E-state index contributed by atoms with van der Waals surface area (Å²) in [6.45, 7) is 5.33. The standard InChI is InChI=1S/C24H25N3O5S/c1-14-9-20(16(3)27(14)22-10-15(2)32-25-22)21(28)13-31-24(30)17-11-23(29)26(12-17)18-5-7-19(33-4)8-6-18/h5-10,17H,11-13H2,1-4H3. The summed E-state index contributed by atoms with van der Waals surface area (Å²) in [6, 6.07) is 11.1. The smallest absolute Gasteiger partial charge is 0.311 e. The minimum absolute atomic E-state index is 0.0668. The number of Topliss-reactive ketones (excluding diaryl/α,β-unsaturated/α-hetero) is 1. The van der Waals surface area contributed by atoms with E-state index >= 15 is 0 Å². The summed E-state index contributed by atoms with van der Waals surface area (Å²) >= 11 is 1.62. The van der Waals surface area contributed by atoms with E-state index in [-0.39, 0.29) is 31.3 Å². The highest BCUT2D eigenvalue weighted by molar-refractivity contribution is 7.98. The van der Waals surface area contributed by atoms with Crippen LogP contribution in [0.4, 0.5) is 5.69 Å². The number of amides is 1. The fraction of sp³-hybridized carbons (Fsp3) is 0.333. The Balaban J connectivity index is 1.39. The first-order valence-corrected chi connectivity index (χ1v) is 11.8. The lowest BCUT2D eigenvalue weighted by Crippen LogP contribution is -2.27. The summed E-state index contributed by atoms with van der Waals surface area (Å²) in [5.41, 5.74) is 2.72. The second-order valence-corrected chi connectivity index (χ2v) is 8.93. The summed E-state index contributed by atoms with van der Waals surface area (Å²) in [5.74, 6) is -0.325. The fourth-order valence-corrected chi connectivity index (χ4v) is 4.47. The van der Waals surface area contributed by atoms with Gasteiger partial charge in [0.05, 0.1) is 5.92 Å². The number of thioether (sulfide) groups is 1. The van der Waals surface area contributed by atoms with Gasteiger partial charge in [-0.05, 0) is 57.4 Å². The highest BCUT2D eigenvalue weighted by Crippen LogP contribution is 2.28. The Bertz CT molecular complexity index is 1210. The number of anilines is 1. The van der Waals surface area contributed by atoms with Crippen LogP contribution in [0.25, 0.3) is 5.82 Å². The maximum atomic E-state index is 12.8. The molecule has 172 valence electrons. The second-order valence-electron chi connectivity index (χ2n) is 8.05. The van der Waals surface area contributed by atoms with Gasteiger partial charge < -0.3 is 14.2 Å². The molecule has 1 atom stereocenters. The quantitative estimate of drug-likeness (QED) is 0.296. The van der Waals surface area contributed by atoms with Crippen molar-refractivity contribution in [3.63, 3.8) is 0 Å². The monoisotopic (exact) mass is 467 g/mol. The summed E-state index contributed by atoms with van der Waals surface area (Å²) in [7, 11) is 0. The van der Waals surface area contributed by atoms with Crippen LogP contribution < -0.4 is 4.90 Å². The van der Waals surface area contributed by atoms with E-state index in [1.165, 1.54) is 0 Å². The molecule has 3 heterocycles. The first-order chi connectivity index (χ1) is 15.8. The van der Waals surface area contributed by atoms with E-state index < -0.39 is 11.9 Å². The zero-order chi connectivity index (χ0) is 23.7. The molecule has 0 aliphatic carbocycles. The Kier molecular flexibility index (Phi) is 6.42. The van der Waals surface area contributed by atoms with Crippen LogP contribution in [0.3, 0.4) is 0 Å². The molecule has 0 spiro atoms. The lowest BCUT2D eigenvalue weighted by Gasteiger charge is -2.16. The van der Waals surface area contributed by atoms with Gasteiger partial charge in [0.15, 0.2) is 12.4 Å². The molecular formula is C24H25N3O5S. The van der Waals surface area contributed by atoms with Gasteiger partial charge in [0, 0.05) is 46.6 Å². The van der Waals surface area contributed by atoms with Gasteiger partial charge in [-0.3, -0.25) is 19.0 Å². The Labute approximate surface area is 195 Å². The first kappa shape index (κ1) is 22.8. The van der Waals surface area contributed by atoms with Crippen molar-refractivity contribution in [3.8, 4) is 5.82 Å². The molecule has 1 fully saturated rings. The van der Waals surface area contributed by atoms with Crippen molar-refractivity contribution in [2.24, 2.45) is 5.92 Å². The zero-order valence-corrected chi connectivity index (χ0v) is 19.8. The number of hydrogen-bond donors (Lipinski definition) is 0. The summed E-state index contributed by atoms with van der Waals surface area (Å²) in [4.78, 5) is 40.5. The van der Waals surface area contributed by atoms with Gasteiger partial charge in [-0.2, -0.15) is 0 Å². The number of rotatable bonds is 7. The Morgan fingerprint density at radius 3 is 2.55 bits per heavy atom. The first-order valence-electron chi connectivity index (χ1n) is 10.6. The molecule has 1 saturated heterocycles. The summed E-state index contributed by atoms with van der Waals surface area (Å²) in [5, 5.41) is 4.01. The van der Waals surface area contributed by atoms with Crippen LogP contribution in [0.5, 0.6) is 0 Å². The third-order valence-corrected chi connectivity index (χ3v) is 6.51. The lowest BCUT2D eigenvalue weighted by atomic mass is 10.1. The minimum atomic E-state index is -0.601. The van der Waals surface area contributed by atoms with Crippen LogP contribution in [0.1, 0.15) is 33.9 Å². The number of ketones is 1. The van der Waals surface area contributed by atoms with Gasteiger partial charge in [-0.25, -0.2) is 0 Å². The van der Waals surface area contributed by atoms with Crippen molar-refractivity contribution < 1.29 is 23.6 Å². The van der Waals surface area contributed by atoms with Gasteiger partial charge in [0.25, 0.3) is 0 Å². The van der Waals surface area contributed by atoms with E-state index in [1.807, 2.05) is 48.9 Å². The Hall–Kier alpha value is -3.33. The van der Waals surface area contributed by atoms with Gasteiger partial charge in [0.1, 0.15) is 5.76 Å². The molecule has 1 amide bonds. The number of benzene rings is 1. The predicted octanol–water partition coefficient (Wildman–Crippen LogP) is 3.89. The molecule has 0 saturated carbocycles.